The van der Waals surface area contributed by atoms with E-state index in [0.29, 0.717) is 19.0 Å². The molecule has 0 saturated heterocycles. The van der Waals surface area contributed by atoms with Crippen molar-refractivity contribution in [2.24, 2.45) is 4.99 Å². The number of halogens is 1. The Balaban J connectivity index is 2.52. The van der Waals surface area contributed by atoms with E-state index in [1.807, 2.05) is 13.8 Å². The highest BCUT2D eigenvalue weighted by molar-refractivity contribution is 7.91. The van der Waals surface area contributed by atoms with Gasteiger partial charge in [0.25, 0.3) is 0 Å². The molecular formula is C16H26FN3O2S. The molecule has 1 aromatic carbocycles. The molecule has 0 amide bonds. The second kappa shape index (κ2) is 9.50. The molecule has 0 aliphatic rings. The molecule has 2 N–H and O–H groups in total. The minimum Gasteiger partial charge on any atom is -0.357 e. The monoisotopic (exact) mass is 343 g/mol. The van der Waals surface area contributed by atoms with Crippen molar-refractivity contribution < 1.29 is 12.8 Å². The van der Waals surface area contributed by atoms with Crippen LogP contribution in [0.15, 0.2) is 23.2 Å². The van der Waals surface area contributed by atoms with E-state index in [2.05, 4.69) is 15.6 Å². The Bertz CT molecular complexity index is 630. The molecule has 0 radical (unpaired) electrons. The first-order valence-corrected chi connectivity index (χ1v) is 9.67. The van der Waals surface area contributed by atoms with Gasteiger partial charge >= 0.3 is 0 Å². The Morgan fingerprint density at radius 1 is 1.26 bits per heavy atom. The lowest BCUT2D eigenvalue weighted by Crippen LogP contribution is -2.38. The number of aliphatic imine (C=N–C) groups is 1. The summed E-state index contributed by atoms with van der Waals surface area (Å²) in [5.74, 6) is 0.554. The predicted molar refractivity (Wildman–Crippen MR) is 93.2 cm³/mol. The molecule has 0 unspecified atom stereocenters. The van der Waals surface area contributed by atoms with Crippen molar-refractivity contribution >= 4 is 15.8 Å². The average molecular weight is 343 g/mol. The molecule has 0 saturated carbocycles. The zero-order valence-electron chi connectivity index (χ0n) is 14.0. The van der Waals surface area contributed by atoms with Gasteiger partial charge in [0.1, 0.15) is 5.82 Å². The molecule has 0 heterocycles. The van der Waals surface area contributed by atoms with Crippen molar-refractivity contribution in [3.8, 4) is 0 Å². The number of aryl methyl sites for hydroxylation is 1. The molecule has 5 nitrogen and oxygen atoms in total. The van der Waals surface area contributed by atoms with Crippen LogP contribution in [0.25, 0.3) is 0 Å². The van der Waals surface area contributed by atoms with Gasteiger partial charge in [0.05, 0.1) is 12.3 Å². The Kier molecular flexibility index (Phi) is 8.02. The lowest BCUT2D eigenvalue weighted by molar-refractivity contribution is 0.597. The number of hydrogen-bond acceptors (Lipinski definition) is 3. The zero-order valence-corrected chi connectivity index (χ0v) is 14.8. The van der Waals surface area contributed by atoms with Crippen LogP contribution in [0.5, 0.6) is 0 Å². The van der Waals surface area contributed by atoms with Crippen LogP contribution in [-0.4, -0.2) is 45.5 Å². The molecule has 0 aliphatic carbocycles. The summed E-state index contributed by atoms with van der Waals surface area (Å²) < 4.78 is 36.0. The fourth-order valence-electron chi connectivity index (χ4n) is 2.04. The molecule has 0 aromatic heterocycles. The van der Waals surface area contributed by atoms with Gasteiger partial charge in [-0.05, 0) is 43.5 Å². The smallest absolute Gasteiger partial charge is 0.191 e. The topological polar surface area (TPSA) is 70.6 Å². The van der Waals surface area contributed by atoms with E-state index in [4.69, 9.17) is 0 Å². The van der Waals surface area contributed by atoms with Gasteiger partial charge in [-0.15, -0.1) is 0 Å². The minimum atomic E-state index is -3.00. The third-order valence-corrected chi connectivity index (χ3v) is 5.13. The maximum Gasteiger partial charge on any atom is 0.191 e. The summed E-state index contributed by atoms with van der Waals surface area (Å²) >= 11 is 0. The Morgan fingerprint density at radius 3 is 2.61 bits per heavy atom. The Hall–Kier alpha value is -1.63. The molecule has 0 aliphatic heterocycles. The molecule has 0 spiro atoms. The fraction of sp³-hybridized carbons (Fsp3) is 0.562. The maximum absolute atomic E-state index is 13.1. The number of nitrogens with one attached hydrogen (secondary N) is 2. The number of nitrogens with zero attached hydrogens (tertiary/aromatic N) is 1. The van der Waals surface area contributed by atoms with Crippen molar-refractivity contribution in [2.45, 2.75) is 27.2 Å². The normalized spacial score (nSPS) is 12.3. The van der Waals surface area contributed by atoms with E-state index in [1.165, 1.54) is 12.1 Å². The number of sulfone groups is 1. The standard InChI is InChI=1S/C16H26FN3O2S/c1-4-18-16(20-10-11-23(21,22)5-2)19-9-8-14-6-7-15(17)12-13(14)3/h6-7,12H,4-5,8-11H2,1-3H3,(H2,18,19,20). The third-order valence-electron chi connectivity index (χ3n) is 3.45. The third kappa shape index (κ3) is 7.45. The zero-order chi connectivity index (χ0) is 17.3. The summed E-state index contributed by atoms with van der Waals surface area (Å²) in [6.45, 7) is 7.03. The van der Waals surface area contributed by atoms with Gasteiger partial charge in [0.2, 0.25) is 0 Å². The highest BCUT2D eigenvalue weighted by atomic mass is 32.2. The number of rotatable bonds is 8. The molecular weight excluding hydrogens is 317 g/mol. The SMILES string of the molecule is CCNC(=NCCS(=O)(=O)CC)NCCc1ccc(F)cc1C. The van der Waals surface area contributed by atoms with E-state index in [1.54, 1.807) is 13.0 Å². The van der Waals surface area contributed by atoms with Crippen molar-refractivity contribution in [1.29, 1.82) is 0 Å². The van der Waals surface area contributed by atoms with Gasteiger partial charge in [-0.1, -0.05) is 13.0 Å². The largest absolute Gasteiger partial charge is 0.357 e. The van der Waals surface area contributed by atoms with Gasteiger partial charge in [-0.2, -0.15) is 0 Å². The van der Waals surface area contributed by atoms with Gasteiger partial charge in [0, 0.05) is 18.8 Å². The van der Waals surface area contributed by atoms with E-state index >= 15 is 0 Å². The maximum atomic E-state index is 13.1. The van der Waals surface area contributed by atoms with Crippen molar-refractivity contribution in [3.63, 3.8) is 0 Å². The van der Waals surface area contributed by atoms with Crippen LogP contribution in [-0.2, 0) is 16.3 Å². The molecule has 23 heavy (non-hydrogen) atoms. The summed E-state index contributed by atoms with van der Waals surface area (Å²) in [5.41, 5.74) is 1.99. The Morgan fingerprint density at radius 2 is 2.00 bits per heavy atom. The van der Waals surface area contributed by atoms with Gasteiger partial charge in [0.15, 0.2) is 15.8 Å². The molecule has 130 valence electrons. The van der Waals surface area contributed by atoms with Crippen molar-refractivity contribution in [1.82, 2.24) is 10.6 Å². The van der Waals surface area contributed by atoms with Gasteiger partial charge < -0.3 is 10.6 Å². The molecule has 0 fully saturated rings. The van der Waals surface area contributed by atoms with Crippen LogP contribution in [0.2, 0.25) is 0 Å². The second-order valence-corrected chi connectivity index (χ2v) is 7.72. The van der Waals surface area contributed by atoms with Crippen molar-refractivity contribution in [3.05, 3.63) is 35.1 Å². The van der Waals surface area contributed by atoms with Crippen LogP contribution < -0.4 is 10.6 Å². The molecule has 0 atom stereocenters. The highest BCUT2D eigenvalue weighted by Gasteiger charge is 2.06. The average Bonchev–Trinajstić information content (AvgIpc) is 2.49. The number of benzene rings is 1. The van der Waals surface area contributed by atoms with E-state index < -0.39 is 9.84 Å². The van der Waals surface area contributed by atoms with Crippen LogP contribution in [0, 0.1) is 12.7 Å². The predicted octanol–water partition coefficient (Wildman–Crippen LogP) is 1.67. The first kappa shape index (κ1) is 19.4. The summed E-state index contributed by atoms with van der Waals surface area (Å²) in [7, 11) is -3.00. The molecule has 1 aromatic rings. The quantitative estimate of drug-likeness (QED) is 0.556. The summed E-state index contributed by atoms with van der Waals surface area (Å²) in [5, 5.41) is 6.25. The fourth-order valence-corrected chi connectivity index (χ4v) is 2.70. The van der Waals surface area contributed by atoms with Crippen LogP contribution in [0.4, 0.5) is 4.39 Å². The Labute approximate surface area is 138 Å². The first-order chi connectivity index (χ1) is 10.9. The van der Waals surface area contributed by atoms with Crippen LogP contribution in [0.3, 0.4) is 0 Å². The van der Waals surface area contributed by atoms with E-state index in [9.17, 15) is 12.8 Å². The highest BCUT2D eigenvalue weighted by Crippen LogP contribution is 2.10. The minimum absolute atomic E-state index is 0.0527. The second-order valence-electron chi connectivity index (χ2n) is 5.24. The summed E-state index contributed by atoms with van der Waals surface area (Å²) in [6.07, 6.45) is 0.740. The molecule has 1 rings (SSSR count). The first-order valence-electron chi connectivity index (χ1n) is 7.85. The van der Waals surface area contributed by atoms with Crippen LogP contribution in [0.1, 0.15) is 25.0 Å². The molecule has 0 bridgehead atoms. The van der Waals surface area contributed by atoms with E-state index in [-0.39, 0.29) is 23.9 Å². The van der Waals surface area contributed by atoms with Crippen LogP contribution >= 0.6 is 0 Å². The lowest BCUT2D eigenvalue weighted by atomic mass is 10.1. The number of hydrogen-bond donors (Lipinski definition) is 2. The van der Waals surface area contributed by atoms with Crippen molar-refractivity contribution in [2.75, 3.05) is 31.1 Å². The van der Waals surface area contributed by atoms with Gasteiger partial charge in [-0.25, -0.2) is 12.8 Å². The molecule has 7 heteroatoms. The summed E-state index contributed by atoms with van der Waals surface area (Å²) in [6, 6.07) is 4.76. The summed E-state index contributed by atoms with van der Waals surface area (Å²) in [4.78, 5) is 4.27. The van der Waals surface area contributed by atoms with Gasteiger partial charge in [-0.3, -0.25) is 4.99 Å². The van der Waals surface area contributed by atoms with E-state index in [0.717, 1.165) is 17.5 Å². The lowest BCUT2D eigenvalue weighted by Gasteiger charge is -2.12. The number of guanidine groups is 1.